The molecule has 0 radical (unpaired) electrons. The van der Waals surface area contributed by atoms with Crippen molar-refractivity contribution < 1.29 is 67.4 Å². The van der Waals surface area contributed by atoms with E-state index >= 15 is 0 Å². The summed E-state index contributed by atoms with van der Waals surface area (Å²) in [6.45, 7) is 0. The minimum Gasteiger partial charge on any atom is -1.00 e. The van der Waals surface area contributed by atoms with Crippen molar-refractivity contribution in [1.29, 1.82) is 0 Å². The third kappa shape index (κ3) is 2.79. The summed E-state index contributed by atoms with van der Waals surface area (Å²) in [5.74, 6) is -0.926. The third-order valence-corrected chi connectivity index (χ3v) is 2.15. The summed E-state index contributed by atoms with van der Waals surface area (Å²) in [5.41, 5.74) is 0.819. The van der Waals surface area contributed by atoms with Gasteiger partial charge in [0.05, 0.1) is 0 Å². The zero-order valence-corrected chi connectivity index (χ0v) is 11.5. The van der Waals surface area contributed by atoms with Crippen LogP contribution in [0.5, 0.6) is 0 Å². The van der Waals surface area contributed by atoms with Crippen molar-refractivity contribution in [2.75, 3.05) is 0 Å². The monoisotopic (exact) mass is 238 g/mol. The van der Waals surface area contributed by atoms with E-state index in [1.54, 1.807) is 24.3 Å². The van der Waals surface area contributed by atoms with E-state index in [2.05, 4.69) is 0 Å². The summed E-state index contributed by atoms with van der Waals surface area (Å²) in [6, 6.07) is 7.04. The Labute approximate surface area is 130 Å². The van der Waals surface area contributed by atoms with Crippen LogP contribution in [0.4, 0.5) is 0 Å². The molecule has 0 aliphatic carbocycles. The summed E-state index contributed by atoms with van der Waals surface area (Å²) in [6.07, 6.45) is -1.02. The Balaban J connectivity index is 0.000000980. The Morgan fingerprint density at radius 2 is 2.29 bits per heavy atom. The summed E-state index contributed by atoms with van der Waals surface area (Å²) in [4.78, 5) is 10.5. The van der Waals surface area contributed by atoms with Gasteiger partial charge in [-0.25, -0.2) is 4.79 Å². The molecule has 70 valence electrons. The molecule has 0 aromatic heterocycles. The first-order valence-corrected chi connectivity index (χ1v) is 4.20. The number of rotatable bonds is 2. The third-order valence-electron chi connectivity index (χ3n) is 1.91. The van der Waals surface area contributed by atoms with Crippen molar-refractivity contribution in [2.24, 2.45) is 0 Å². The van der Waals surface area contributed by atoms with Gasteiger partial charge in [-0.15, -0.1) is 0 Å². The van der Waals surface area contributed by atoms with Crippen molar-refractivity contribution >= 4 is 17.6 Å². The number of halogens is 1. The average molecular weight is 239 g/mol. The van der Waals surface area contributed by atoms with Gasteiger partial charge in [-0.05, 0) is 17.7 Å². The fourth-order valence-corrected chi connectivity index (χ4v) is 1.44. The van der Waals surface area contributed by atoms with Gasteiger partial charge < -0.3 is 11.3 Å². The molecule has 5 heteroatoms. The Morgan fingerprint density at radius 3 is 2.79 bits per heavy atom. The molecule has 1 saturated heterocycles. The number of benzene rings is 1. The van der Waals surface area contributed by atoms with Crippen LogP contribution >= 0.6 is 11.6 Å². The van der Waals surface area contributed by atoms with Gasteiger partial charge in [0.15, 0.2) is 6.10 Å². The van der Waals surface area contributed by atoms with Crippen molar-refractivity contribution in [3.63, 3.8) is 0 Å². The molecule has 1 N–H and O–H groups in total. The van der Waals surface area contributed by atoms with E-state index < -0.39 is 12.1 Å². The number of ether oxygens (including phenoxy) is 1. The van der Waals surface area contributed by atoms with E-state index in [9.17, 15) is 4.79 Å². The van der Waals surface area contributed by atoms with Crippen LogP contribution in [0.2, 0.25) is 5.02 Å². The number of carbonyl (C=O) groups is 1. The fraction of sp³-hybridized carbons (Fsp3) is 0.222. The zero-order chi connectivity index (χ0) is 9.42. The normalized spacial score (nSPS) is 23.8. The number of hydrogen-bond donors (Lipinski definition) is 1. The molecule has 2 unspecified atom stereocenters. The molecular weight excluding hydrogens is 231 g/mol. The molecule has 1 aliphatic heterocycles. The largest absolute Gasteiger partial charge is 1.00 e. The first-order chi connectivity index (χ1) is 6.18. The van der Waals surface area contributed by atoms with Gasteiger partial charge in [-0.3, -0.25) is 0 Å². The van der Waals surface area contributed by atoms with Crippen molar-refractivity contribution in [2.45, 2.75) is 12.2 Å². The predicted octanol–water partition coefficient (Wildman–Crippen LogP) is -1.02. The molecular formula is C9H8ClKO3. The molecule has 0 bridgehead atoms. The molecule has 0 amide bonds. The van der Waals surface area contributed by atoms with Gasteiger partial charge in [0, 0.05) is 5.02 Å². The van der Waals surface area contributed by atoms with E-state index in [0.717, 1.165) is 5.56 Å². The van der Waals surface area contributed by atoms with E-state index in [1.165, 1.54) is 0 Å². The van der Waals surface area contributed by atoms with Gasteiger partial charge in [-0.1, -0.05) is 23.7 Å². The Hall–Kier alpha value is 0.576. The topological polar surface area (TPSA) is 49.8 Å². The minimum atomic E-state index is -0.926. The quantitative estimate of drug-likeness (QED) is 0.530. The van der Waals surface area contributed by atoms with Crippen LogP contribution in [0, 0.1) is 0 Å². The van der Waals surface area contributed by atoms with Gasteiger partial charge in [0.25, 0.3) is 0 Å². The maximum atomic E-state index is 10.5. The van der Waals surface area contributed by atoms with E-state index in [1.807, 2.05) is 0 Å². The smallest absolute Gasteiger partial charge is 1.00 e. The fourth-order valence-electron chi connectivity index (χ4n) is 1.24. The number of carboxylic acid groups (broad SMARTS) is 1. The molecule has 1 heterocycles. The van der Waals surface area contributed by atoms with Crippen LogP contribution in [-0.2, 0) is 9.53 Å². The summed E-state index contributed by atoms with van der Waals surface area (Å²) in [5, 5.41) is 9.19. The zero-order valence-electron chi connectivity index (χ0n) is 8.61. The Bertz CT molecular complexity index is 361. The van der Waals surface area contributed by atoms with Gasteiger partial charge >= 0.3 is 57.4 Å². The molecule has 14 heavy (non-hydrogen) atoms. The molecule has 1 fully saturated rings. The van der Waals surface area contributed by atoms with Crippen LogP contribution in [-0.4, -0.2) is 17.2 Å². The standard InChI is InChI=1S/C9H7ClO3.K.H/c10-6-3-1-2-5(4-6)7-8(13-7)9(11)12;;/h1-4,7-8H,(H,11,12);;/q;+1;-1. The van der Waals surface area contributed by atoms with Crippen LogP contribution < -0.4 is 51.4 Å². The van der Waals surface area contributed by atoms with Crippen molar-refractivity contribution in [3.8, 4) is 0 Å². The van der Waals surface area contributed by atoms with E-state index in [0.29, 0.717) is 5.02 Å². The molecule has 1 aromatic carbocycles. The van der Waals surface area contributed by atoms with Crippen LogP contribution in [0.3, 0.4) is 0 Å². The SMILES string of the molecule is O=C(O)C1OC1c1cccc(Cl)c1.[H-].[K+]. The van der Waals surface area contributed by atoms with Crippen molar-refractivity contribution in [1.82, 2.24) is 0 Å². The number of epoxide rings is 1. The molecule has 1 aromatic rings. The van der Waals surface area contributed by atoms with Gasteiger partial charge in [0.1, 0.15) is 6.10 Å². The van der Waals surface area contributed by atoms with E-state index in [4.69, 9.17) is 21.4 Å². The summed E-state index contributed by atoms with van der Waals surface area (Å²) < 4.78 is 4.96. The van der Waals surface area contributed by atoms with Crippen molar-refractivity contribution in [3.05, 3.63) is 34.9 Å². The number of hydrogen-bond acceptors (Lipinski definition) is 2. The minimum absolute atomic E-state index is 0. The van der Waals surface area contributed by atoms with Gasteiger partial charge in [-0.2, -0.15) is 0 Å². The first kappa shape index (κ1) is 12.6. The average Bonchev–Trinajstić information content (AvgIpc) is 2.82. The predicted molar refractivity (Wildman–Crippen MR) is 47.8 cm³/mol. The van der Waals surface area contributed by atoms with E-state index in [-0.39, 0.29) is 58.9 Å². The number of aliphatic carboxylic acids is 1. The van der Waals surface area contributed by atoms with Gasteiger partial charge in [0.2, 0.25) is 0 Å². The second-order valence-electron chi connectivity index (χ2n) is 2.87. The maximum Gasteiger partial charge on any atom is 1.00 e. The summed E-state index contributed by atoms with van der Waals surface area (Å²) in [7, 11) is 0. The maximum absolute atomic E-state index is 10.5. The van der Waals surface area contributed by atoms with Crippen LogP contribution in [0.25, 0.3) is 0 Å². The molecule has 2 atom stereocenters. The molecule has 0 spiro atoms. The second-order valence-corrected chi connectivity index (χ2v) is 3.31. The molecule has 1 aliphatic rings. The van der Waals surface area contributed by atoms with Crippen LogP contribution in [0.1, 0.15) is 13.1 Å². The molecule has 2 rings (SSSR count). The molecule has 0 saturated carbocycles. The second kappa shape index (κ2) is 5.07. The summed E-state index contributed by atoms with van der Waals surface area (Å²) >= 11 is 5.74. The Kier molecular flexibility index (Phi) is 4.58. The Morgan fingerprint density at radius 1 is 1.57 bits per heavy atom. The first-order valence-electron chi connectivity index (χ1n) is 3.82. The van der Waals surface area contributed by atoms with Crippen LogP contribution in [0.15, 0.2) is 24.3 Å². The number of carboxylic acids is 1. The molecule has 3 nitrogen and oxygen atoms in total.